The molecule has 0 heterocycles. The van der Waals surface area contributed by atoms with Gasteiger partial charge in [0.1, 0.15) is 0 Å². The van der Waals surface area contributed by atoms with Gasteiger partial charge in [-0.3, -0.25) is 4.79 Å². The molecule has 2 rings (SSSR count). The first-order valence-electron chi connectivity index (χ1n) is 4.49. The van der Waals surface area contributed by atoms with Crippen LogP contribution in [0.3, 0.4) is 0 Å². The number of fused-ring (bicyclic) bond motifs is 1. The van der Waals surface area contributed by atoms with Crippen molar-refractivity contribution in [3.05, 3.63) is 35.4 Å². The van der Waals surface area contributed by atoms with E-state index in [9.17, 15) is 14.0 Å². The van der Waals surface area contributed by atoms with E-state index >= 15 is 0 Å². The van der Waals surface area contributed by atoms with E-state index < -0.39 is 17.4 Å². The Kier molecular flexibility index (Phi) is 2.07. The van der Waals surface area contributed by atoms with Crippen molar-refractivity contribution in [1.29, 1.82) is 0 Å². The molecule has 0 bridgehead atoms. The molecule has 78 valence electrons. The smallest absolute Gasteiger partial charge is 0.352 e. The van der Waals surface area contributed by atoms with Gasteiger partial charge in [0, 0.05) is 12.0 Å². The van der Waals surface area contributed by atoms with Crippen molar-refractivity contribution in [2.75, 3.05) is 7.11 Å². The topological polar surface area (TPSA) is 43.4 Å². The highest BCUT2D eigenvalue weighted by atomic mass is 19.1. The summed E-state index contributed by atoms with van der Waals surface area (Å²) in [6.07, 6.45) is -0.228. The first-order chi connectivity index (χ1) is 7.09. The molecule has 0 amide bonds. The summed E-state index contributed by atoms with van der Waals surface area (Å²) in [5.41, 5.74) is -1.71. The molecule has 0 saturated heterocycles. The molecule has 0 fully saturated rings. The van der Waals surface area contributed by atoms with Crippen molar-refractivity contribution in [1.82, 2.24) is 0 Å². The molecular weight excluding hydrogens is 199 g/mol. The van der Waals surface area contributed by atoms with Crippen molar-refractivity contribution in [2.45, 2.75) is 12.1 Å². The fourth-order valence-electron chi connectivity index (χ4n) is 1.78. The largest absolute Gasteiger partial charge is 0.466 e. The lowest BCUT2D eigenvalue weighted by atomic mass is 10.0. The average Bonchev–Trinajstić information content (AvgIpc) is 2.52. The summed E-state index contributed by atoms with van der Waals surface area (Å²) < 4.78 is 18.4. The van der Waals surface area contributed by atoms with Crippen LogP contribution in [0.2, 0.25) is 0 Å². The van der Waals surface area contributed by atoms with Gasteiger partial charge in [0.05, 0.1) is 7.11 Å². The van der Waals surface area contributed by atoms with Crippen LogP contribution in [-0.2, 0) is 16.0 Å². The SMILES string of the molecule is COC(=O)[C@@]1(F)Cc2ccccc2C1=O. The Balaban J connectivity index is 2.47. The van der Waals surface area contributed by atoms with Crippen LogP contribution in [0.4, 0.5) is 4.39 Å². The highest BCUT2D eigenvalue weighted by molar-refractivity contribution is 6.18. The minimum Gasteiger partial charge on any atom is -0.466 e. The summed E-state index contributed by atoms with van der Waals surface area (Å²) in [7, 11) is 1.07. The third kappa shape index (κ3) is 1.25. The van der Waals surface area contributed by atoms with Crippen molar-refractivity contribution < 1.29 is 18.7 Å². The first-order valence-corrected chi connectivity index (χ1v) is 4.49. The molecule has 0 N–H and O–H groups in total. The van der Waals surface area contributed by atoms with Gasteiger partial charge in [0.2, 0.25) is 5.78 Å². The monoisotopic (exact) mass is 208 g/mol. The Morgan fingerprint density at radius 1 is 1.47 bits per heavy atom. The van der Waals surface area contributed by atoms with Gasteiger partial charge in [0.25, 0.3) is 5.67 Å². The third-order valence-electron chi connectivity index (χ3n) is 2.56. The Labute approximate surface area is 85.9 Å². The molecule has 1 aromatic carbocycles. The molecule has 3 nitrogen and oxygen atoms in total. The zero-order valence-corrected chi connectivity index (χ0v) is 8.12. The summed E-state index contributed by atoms with van der Waals surface area (Å²) >= 11 is 0. The maximum atomic E-state index is 14.1. The molecule has 1 aliphatic rings. The number of hydrogen-bond acceptors (Lipinski definition) is 3. The van der Waals surface area contributed by atoms with E-state index in [2.05, 4.69) is 4.74 Å². The summed E-state index contributed by atoms with van der Waals surface area (Å²) in [5, 5.41) is 0. The van der Waals surface area contributed by atoms with Crippen LogP contribution in [0, 0.1) is 0 Å². The lowest BCUT2D eigenvalue weighted by Crippen LogP contribution is -2.40. The molecule has 0 aliphatic heterocycles. The number of carbonyl (C=O) groups excluding carboxylic acids is 2. The van der Waals surface area contributed by atoms with Gasteiger partial charge in [-0.1, -0.05) is 24.3 Å². The summed E-state index contributed by atoms with van der Waals surface area (Å²) in [5.74, 6) is -1.92. The molecule has 0 saturated carbocycles. The van der Waals surface area contributed by atoms with Gasteiger partial charge in [-0.15, -0.1) is 0 Å². The van der Waals surface area contributed by atoms with E-state index in [1.54, 1.807) is 18.2 Å². The van der Waals surface area contributed by atoms with Crippen LogP contribution in [0.15, 0.2) is 24.3 Å². The van der Waals surface area contributed by atoms with Crippen molar-refractivity contribution >= 4 is 11.8 Å². The van der Waals surface area contributed by atoms with E-state index in [0.717, 1.165) is 7.11 Å². The van der Waals surface area contributed by atoms with Gasteiger partial charge >= 0.3 is 5.97 Å². The Morgan fingerprint density at radius 2 is 2.13 bits per heavy atom. The molecule has 0 radical (unpaired) electrons. The summed E-state index contributed by atoms with van der Waals surface area (Å²) in [6.45, 7) is 0. The van der Waals surface area contributed by atoms with Gasteiger partial charge in [-0.2, -0.15) is 0 Å². The number of carbonyl (C=O) groups is 2. The highest BCUT2D eigenvalue weighted by Crippen LogP contribution is 2.33. The fraction of sp³-hybridized carbons (Fsp3) is 0.273. The zero-order valence-electron chi connectivity index (χ0n) is 8.12. The van der Waals surface area contributed by atoms with Crippen LogP contribution < -0.4 is 0 Å². The normalized spacial score (nSPS) is 23.7. The molecule has 15 heavy (non-hydrogen) atoms. The Morgan fingerprint density at radius 3 is 2.73 bits per heavy atom. The van der Waals surface area contributed by atoms with Gasteiger partial charge in [-0.05, 0) is 5.56 Å². The second-order valence-electron chi connectivity index (χ2n) is 3.46. The number of ether oxygens (including phenoxy) is 1. The second kappa shape index (κ2) is 3.15. The standard InChI is InChI=1S/C11H9FO3/c1-15-10(14)11(12)6-7-4-2-3-5-8(7)9(11)13/h2-5H,6H2,1H3/t11-/m1/s1. The molecule has 0 spiro atoms. The molecule has 1 aromatic rings. The van der Waals surface area contributed by atoms with Gasteiger partial charge in [-0.25, -0.2) is 9.18 Å². The van der Waals surface area contributed by atoms with E-state index in [4.69, 9.17) is 0 Å². The quantitative estimate of drug-likeness (QED) is 0.516. The molecular formula is C11H9FO3. The molecule has 4 heteroatoms. The lowest BCUT2D eigenvalue weighted by molar-refractivity contribution is -0.150. The second-order valence-corrected chi connectivity index (χ2v) is 3.46. The van der Waals surface area contributed by atoms with E-state index in [1.807, 2.05) is 0 Å². The predicted molar refractivity (Wildman–Crippen MR) is 50.3 cm³/mol. The minimum absolute atomic E-state index is 0.228. The van der Waals surface area contributed by atoms with Crippen LogP contribution in [-0.4, -0.2) is 24.5 Å². The molecule has 1 aliphatic carbocycles. The first kappa shape index (κ1) is 9.83. The summed E-state index contributed by atoms with van der Waals surface area (Å²) in [6, 6.07) is 6.49. The molecule has 0 aromatic heterocycles. The number of Topliss-reactive ketones (excluding diaryl/α,β-unsaturated/α-hetero) is 1. The van der Waals surface area contributed by atoms with E-state index in [1.165, 1.54) is 6.07 Å². The van der Waals surface area contributed by atoms with E-state index in [-0.39, 0.29) is 12.0 Å². The summed E-state index contributed by atoms with van der Waals surface area (Å²) in [4.78, 5) is 22.8. The van der Waals surface area contributed by atoms with Crippen LogP contribution in [0.1, 0.15) is 15.9 Å². The van der Waals surface area contributed by atoms with Crippen molar-refractivity contribution in [3.63, 3.8) is 0 Å². The van der Waals surface area contributed by atoms with Crippen molar-refractivity contribution in [3.8, 4) is 0 Å². The number of methoxy groups -OCH3 is 1. The minimum atomic E-state index is -2.53. The lowest BCUT2D eigenvalue weighted by Gasteiger charge is -2.13. The Hall–Kier alpha value is -1.71. The van der Waals surface area contributed by atoms with Crippen molar-refractivity contribution in [2.24, 2.45) is 0 Å². The third-order valence-corrected chi connectivity index (χ3v) is 2.56. The number of halogens is 1. The Bertz CT molecular complexity index is 441. The maximum absolute atomic E-state index is 14.1. The predicted octanol–water partition coefficient (Wildman–Crippen LogP) is 1.31. The van der Waals surface area contributed by atoms with Crippen LogP contribution in [0.25, 0.3) is 0 Å². The zero-order chi connectivity index (χ0) is 11.1. The number of hydrogen-bond donors (Lipinski definition) is 0. The molecule has 0 unspecified atom stereocenters. The average molecular weight is 208 g/mol. The maximum Gasteiger partial charge on any atom is 0.352 e. The highest BCUT2D eigenvalue weighted by Gasteiger charge is 2.53. The number of ketones is 1. The number of rotatable bonds is 1. The molecule has 1 atom stereocenters. The number of benzene rings is 1. The number of alkyl halides is 1. The van der Waals surface area contributed by atoms with Gasteiger partial charge < -0.3 is 4.74 Å². The van der Waals surface area contributed by atoms with Gasteiger partial charge in [0.15, 0.2) is 0 Å². The fourth-order valence-corrected chi connectivity index (χ4v) is 1.78. The van der Waals surface area contributed by atoms with Crippen LogP contribution in [0.5, 0.6) is 0 Å². The van der Waals surface area contributed by atoms with E-state index in [0.29, 0.717) is 5.56 Å². The number of esters is 1. The van der Waals surface area contributed by atoms with Crippen LogP contribution >= 0.6 is 0 Å².